The van der Waals surface area contributed by atoms with Crippen LogP contribution >= 0.6 is 0 Å². The van der Waals surface area contributed by atoms with Crippen molar-refractivity contribution in [1.82, 2.24) is 0 Å². The van der Waals surface area contributed by atoms with Crippen LogP contribution in [-0.4, -0.2) is 11.7 Å². The molecular formula is C13H24O. The molecule has 0 heterocycles. The third-order valence-corrected chi connectivity index (χ3v) is 4.62. The fourth-order valence-corrected chi connectivity index (χ4v) is 3.56. The molecule has 2 fully saturated rings. The van der Waals surface area contributed by atoms with Crippen molar-refractivity contribution in [3.05, 3.63) is 0 Å². The van der Waals surface area contributed by atoms with E-state index in [1.54, 1.807) is 0 Å². The summed E-state index contributed by atoms with van der Waals surface area (Å²) in [6.07, 6.45) is 14.2. The Morgan fingerprint density at radius 3 is 2.14 bits per heavy atom. The van der Waals surface area contributed by atoms with Gasteiger partial charge in [-0.2, -0.15) is 0 Å². The van der Waals surface area contributed by atoms with Gasteiger partial charge in [-0.3, -0.25) is 0 Å². The summed E-state index contributed by atoms with van der Waals surface area (Å²) >= 11 is 0. The summed E-state index contributed by atoms with van der Waals surface area (Å²) in [6, 6.07) is 0. The van der Waals surface area contributed by atoms with Crippen LogP contribution in [0.5, 0.6) is 0 Å². The molecule has 0 bridgehead atoms. The van der Waals surface area contributed by atoms with E-state index in [-0.39, 0.29) is 0 Å². The molecule has 0 aromatic heterocycles. The van der Waals surface area contributed by atoms with Gasteiger partial charge in [0.05, 0.1) is 0 Å². The summed E-state index contributed by atoms with van der Waals surface area (Å²) in [5, 5.41) is 8.92. The molecule has 2 saturated carbocycles. The van der Waals surface area contributed by atoms with Crippen molar-refractivity contribution >= 4 is 0 Å². The second-order valence-corrected chi connectivity index (χ2v) is 5.52. The van der Waals surface area contributed by atoms with E-state index in [9.17, 15) is 0 Å². The molecule has 14 heavy (non-hydrogen) atoms. The Morgan fingerprint density at radius 1 is 0.929 bits per heavy atom. The lowest BCUT2D eigenvalue weighted by Gasteiger charge is -2.43. The molecule has 1 heteroatoms. The molecule has 82 valence electrons. The third-order valence-electron chi connectivity index (χ3n) is 4.62. The van der Waals surface area contributed by atoms with Crippen LogP contribution in [-0.2, 0) is 0 Å². The highest BCUT2D eigenvalue weighted by Gasteiger charge is 2.35. The molecule has 2 rings (SSSR count). The summed E-state index contributed by atoms with van der Waals surface area (Å²) in [4.78, 5) is 0. The number of rotatable bonds is 2. The van der Waals surface area contributed by atoms with E-state index in [0.717, 1.165) is 17.8 Å². The van der Waals surface area contributed by atoms with Crippen molar-refractivity contribution in [2.24, 2.45) is 11.3 Å². The standard InChI is InChI=1S/C13H24O/c14-11-6-12-4-9-13(10-5-12)7-2-1-3-8-13/h12,14H,1-11H2. The minimum absolute atomic E-state index is 0.400. The van der Waals surface area contributed by atoms with Gasteiger partial charge in [-0.15, -0.1) is 0 Å². The molecule has 2 aliphatic rings. The predicted molar refractivity (Wildman–Crippen MR) is 59.2 cm³/mol. The van der Waals surface area contributed by atoms with Gasteiger partial charge < -0.3 is 5.11 Å². The van der Waals surface area contributed by atoms with Gasteiger partial charge in [0.25, 0.3) is 0 Å². The summed E-state index contributed by atoms with van der Waals surface area (Å²) in [5.74, 6) is 0.840. The second-order valence-electron chi connectivity index (χ2n) is 5.52. The zero-order valence-corrected chi connectivity index (χ0v) is 9.30. The smallest absolute Gasteiger partial charge is 0.0433 e. The van der Waals surface area contributed by atoms with Gasteiger partial charge in [-0.25, -0.2) is 0 Å². The molecule has 0 aliphatic heterocycles. The van der Waals surface area contributed by atoms with Crippen molar-refractivity contribution < 1.29 is 5.11 Å². The van der Waals surface area contributed by atoms with E-state index in [2.05, 4.69) is 0 Å². The van der Waals surface area contributed by atoms with Crippen molar-refractivity contribution in [3.63, 3.8) is 0 Å². The zero-order chi connectivity index (χ0) is 9.86. The first-order valence-electron chi connectivity index (χ1n) is 6.46. The fraction of sp³-hybridized carbons (Fsp3) is 1.00. The van der Waals surface area contributed by atoms with Gasteiger partial charge >= 0.3 is 0 Å². The van der Waals surface area contributed by atoms with Gasteiger partial charge in [0.2, 0.25) is 0 Å². The Kier molecular flexibility index (Phi) is 3.48. The van der Waals surface area contributed by atoms with Gasteiger partial charge in [0.15, 0.2) is 0 Å². The molecule has 2 aliphatic carbocycles. The molecular weight excluding hydrogens is 172 g/mol. The highest BCUT2D eigenvalue weighted by atomic mass is 16.3. The maximum absolute atomic E-state index is 8.92. The quantitative estimate of drug-likeness (QED) is 0.716. The molecule has 0 aromatic rings. The molecule has 0 radical (unpaired) electrons. The highest BCUT2D eigenvalue weighted by molar-refractivity contribution is 4.87. The first kappa shape index (κ1) is 10.5. The van der Waals surface area contributed by atoms with Crippen LogP contribution in [0, 0.1) is 11.3 Å². The predicted octanol–water partition coefficient (Wildman–Crippen LogP) is 3.51. The Hall–Kier alpha value is -0.0400. The first-order valence-corrected chi connectivity index (χ1v) is 6.46. The van der Waals surface area contributed by atoms with E-state index in [1.807, 2.05) is 0 Å². The molecule has 1 nitrogen and oxygen atoms in total. The van der Waals surface area contributed by atoms with Crippen LogP contribution in [0.25, 0.3) is 0 Å². The molecule has 0 atom stereocenters. The summed E-state index contributed by atoms with van der Waals surface area (Å²) in [5.41, 5.74) is 0.754. The van der Waals surface area contributed by atoms with E-state index in [4.69, 9.17) is 5.11 Å². The Bertz CT molecular complexity index is 160. The van der Waals surface area contributed by atoms with Gasteiger partial charge in [0.1, 0.15) is 0 Å². The van der Waals surface area contributed by atoms with Crippen molar-refractivity contribution in [1.29, 1.82) is 0 Å². The topological polar surface area (TPSA) is 20.2 Å². The minimum Gasteiger partial charge on any atom is -0.396 e. The van der Waals surface area contributed by atoms with Gasteiger partial charge in [-0.1, -0.05) is 19.3 Å². The lowest BCUT2D eigenvalue weighted by molar-refractivity contribution is 0.0875. The SMILES string of the molecule is OCCC1CCC2(CCCCC2)CC1. The summed E-state index contributed by atoms with van der Waals surface area (Å²) in [7, 11) is 0. The van der Waals surface area contributed by atoms with Crippen LogP contribution in [0.4, 0.5) is 0 Å². The number of hydrogen-bond donors (Lipinski definition) is 1. The zero-order valence-electron chi connectivity index (χ0n) is 9.30. The van der Waals surface area contributed by atoms with E-state index in [0.29, 0.717) is 6.61 Å². The molecule has 0 saturated heterocycles. The monoisotopic (exact) mass is 196 g/mol. The summed E-state index contributed by atoms with van der Waals surface area (Å²) in [6.45, 7) is 0.400. The van der Waals surface area contributed by atoms with E-state index >= 15 is 0 Å². The lowest BCUT2D eigenvalue weighted by Crippen LogP contribution is -2.29. The average Bonchev–Trinajstić information content (AvgIpc) is 2.24. The Labute approximate surface area is 87.9 Å². The van der Waals surface area contributed by atoms with Crippen molar-refractivity contribution in [3.8, 4) is 0 Å². The van der Waals surface area contributed by atoms with Gasteiger partial charge in [0, 0.05) is 6.61 Å². The number of hydrogen-bond acceptors (Lipinski definition) is 1. The van der Waals surface area contributed by atoms with Crippen LogP contribution in [0.3, 0.4) is 0 Å². The van der Waals surface area contributed by atoms with Gasteiger partial charge in [-0.05, 0) is 56.3 Å². The van der Waals surface area contributed by atoms with Crippen LogP contribution in [0.1, 0.15) is 64.2 Å². The summed E-state index contributed by atoms with van der Waals surface area (Å²) < 4.78 is 0. The molecule has 0 unspecified atom stereocenters. The third kappa shape index (κ3) is 2.31. The lowest BCUT2D eigenvalue weighted by atomic mass is 9.63. The first-order chi connectivity index (χ1) is 6.85. The average molecular weight is 196 g/mol. The maximum atomic E-state index is 8.92. The molecule has 1 spiro atoms. The van der Waals surface area contributed by atoms with Crippen molar-refractivity contribution in [2.75, 3.05) is 6.61 Å². The number of aliphatic hydroxyl groups is 1. The van der Waals surface area contributed by atoms with E-state index in [1.165, 1.54) is 57.8 Å². The van der Waals surface area contributed by atoms with Crippen LogP contribution < -0.4 is 0 Å². The normalized spacial score (nSPS) is 28.1. The Balaban J connectivity index is 1.81. The fourth-order valence-electron chi connectivity index (χ4n) is 3.56. The molecule has 1 N–H and O–H groups in total. The van der Waals surface area contributed by atoms with Crippen molar-refractivity contribution in [2.45, 2.75) is 64.2 Å². The molecule has 0 amide bonds. The largest absolute Gasteiger partial charge is 0.396 e. The minimum atomic E-state index is 0.400. The Morgan fingerprint density at radius 2 is 1.57 bits per heavy atom. The number of aliphatic hydroxyl groups excluding tert-OH is 1. The van der Waals surface area contributed by atoms with Crippen LogP contribution in [0.15, 0.2) is 0 Å². The van der Waals surface area contributed by atoms with E-state index < -0.39 is 0 Å². The maximum Gasteiger partial charge on any atom is 0.0433 e. The highest BCUT2D eigenvalue weighted by Crippen LogP contribution is 2.49. The molecule has 0 aromatic carbocycles. The van der Waals surface area contributed by atoms with Crippen LogP contribution in [0.2, 0.25) is 0 Å². The second kappa shape index (κ2) is 4.65.